The summed E-state index contributed by atoms with van der Waals surface area (Å²) in [7, 11) is 0. The van der Waals surface area contributed by atoms with E-state index in [1.807, 2.05) is 6.08 Å². The first kappa shape index (κ1) is 13.4. The predicted molar refractivity (Wildman–Crippen MR) is 60.3 cm³/mol. The fourth-order valence-electron chi connectivity index (χ4n) is 1.03. The SMILES string of the molecule is C=CCCCC=CCOCCCCO. The minimum absolute atomic E-state index is 0.265. The number of hydrogen-bond donors (Lipinski definition) is 1. The molecule has 0 unspecified atom stereocenters. The van der Waals surface area contributed by atoms with Gasteiger partial charge in [0.15, 0.2) is 0 Å². The molecule has 0 aliphatic heterocycles. The van der Waals surface area contributed by atoms with E-state index in [1.165, 1.54) is 6.42 Å². The number of aliphatic hydroxyl groups is 1. The van der Waals surface area contributed by atoms with Gasteiger partial charge < -0.3 is 9.84 Å². The van der Waals surface area contributed by atoms with Crippen LogP contribution in [0, 0.1) is 0 Å². The standard InChI is InChI=1S/C12H22O2/c1-2-3-4-5-6-8-11-14-12-9-7-10-13/h2,6,8,13H,1,3-5,7,9-12H2. The topological polar surface area (TPSA) is 29.5 Å². The third-order valence-electron chi connectivity index (χ3n) is 1.86. The van der Waals surface area contributed by atoms with E-state index in [1.54, 1.807) is 0 Å². The smallest absolute Gasteiger partial charge is 0.0647 e. The van der Waals surface area contributed by atoms with E-state index in [4.69, 9.17) is 9.84 Å². The maximum Gasteiger partial charge on any atom is 0.0647 e. The molecule has 0 rings (SSSR count). The van der Waals surface area contributed by atoms with Gasteiger partial charge in [0, 0.05) is 13.2 Å². The summed E-state index contributed by atoms with van der Waals surface area (Å²) in [6.45, 7) is 5.37. The van der Waals surface area contributed by atoms with Crippen LogP contribution in [0.4, 0.5) is 0 Å². The molecule has 0 aromatic carbocycles. The maximum atomic E-state index is 8.51. The van der Waals surface area contributed by atoms with Gasteiger partial charge in [-0.1, -0.05) is 18.2 Å². The molecule has 14 heavy (non-hydrogen) atoms. The zero-order chi connectivity index (χ0) is 10.5. The van der Waals surface area contributed by atoms with Gasteiger partial charge in [0.25, 0.3) is 0 Å². The summed E-state index contributed by atoms with van der Waals surface area (Å²) in [4.78, 5) is 0. The van der Waals surface area contributed by atoms with Gasteiger partial charge in [-0.05, 0) is 32.1 Å². The van der Waals surface area contributed by atoms with Crippen LogP contribution in [0.15, 0.2) is 24.8 Å². The van der Waals surface area contributed by atoms with Gasteiger partial charge >= 0.3 is 0 Å². The van der Waals surface area contributed by atoms with Gasteiger partial charge in [-0.3, -0.25) is 0 Å². The predicted octanol–water partition coefficient (Wildman–Crippen LogP) is 2.69. The summed E-state index contributed by atoms with van der Waals surface area (Å²) >= 11 is 0. The Labute approximate surface area is 87.3 Å². The average molecular weight is 198 g/mol. The lowest BCUT2D eigenvalue weighted by Gasteiger charge is -1.98. The van der Waals surface area contributed by atoms with E-state index in [0.717, 1.165) is 32.3 Å². The van der Waals surface area contributed by atoms with Crippen molar-refractivity contribution in [3.63, 3.8) is 0 Å². The van der Waals surface area contributed by atoms with E-state index < -0.39 is 0 Å². The number of aliphatic hydroxyl groups excluding tert-OH is 1. The summed E-state index contributed by atoms with van der Waals surface area (Å²) in [6.07, 6.45) is 11.3. The molecule has 1 N–H and O–H groups in total. The van der Waals surface area contributed by atoms with Gasteiger partial charge in [-0.15, -0.1) is 6.58 Å². The van der Waals surface area contributed by atoms with Gasteiger partial charge in [0.2, 0.25) is 0 Å². The second-order valence-electron chi connectivity index (χ2n) is 3.20. The lowest BCUT2D eigenvalue weighted by Crippen LogP contribution is -1.95. The van der Waals surface area contributed by atoms with E-state index in [-0.39, 0.29) is 6.61 Å². The Morgan fingerprint density at radius 2 is 1.93 bits per heavy atom. The quantitative estimate of drug-likeness (QED) is 0.432. The lowest BCUT2D eigenvalue weighted by molar-refractivity contribution is 0.150. The molecule has 0 heterocycles. The summed E-state index contributed by atoms with van der Waals surface area (Å²) < 4.78 is 5.32. The molecular formula is C12H22O2. The highest BCUT2D eigenvalue weighted by Gasteiger charge is 1.85. The summed E-state index contributed by atoms with van der Waals surface area (Å²) in [5, 5.41) is 8.51. The Balaban J connectivity index is 2.99. The Morgan fingerprint density at radius 3 is 2.64 bits per heavy atom. The van der Waals surface area contributed by atoms with Crippen LogP contribution in [0.1, 0.15) is 32.1 Å². The van der Waals surface area contributed by atoms with Gasteiger partial charge in [-0.2, -0.15) is 0 Å². The third-order valence-corrected chi connectivity index (χ3v) is 1.86. The number of allylic oxidation sites excluding steroid dienone is 2. The minimum atomic E-state index is 0.265. The minimum Gasteiger partial charge on any atom is -0.396 e. The van der Waals surface area contributed by atoms with Crippen LogP contribution in [0.3, 0.4) is 0 Å². The van der Waals surface area contributed by atoms with Crippen LogP contribution < -0.4 is 0 Å². The van der Waals surface area contributed by atoms with Crippen LogP contribution in [-0.2, 0) is 4.74 Å². The molecule has 0 saturated carbocycles. The van der Waals surface area contributed by atoms with Crippen molar-refractivity contribution in [1.82, 2.24) is 0 Å². The fourth-order valence-corrected chi connectivity index (χ4v) is 1.03. The zero-order valence-corrected chi connectivity index (χ0v) is 8.95. The number of unbranched alkanes of at least 4 members (excludes halogenated alkanes) is 3. The van der Waals surface area contributed by atoms with Crippen molar-refractivity contribution < 1.29 is 9.84 Å². The molecule has 0 fully saturated rings. The highest BCUT2D eigenvalue weighted by molar-refractivity contribution is 4.82. The lowest BCUT2D eigenvalue weighted by atomic mass is 10.2. The number of hydrogen-bond acceptors (Lipinski definition) is 2. The zero-order valence-electron chi connectivity index (χ0n) is 8.95. The van der Waals surface area contributed by atoms with Crippen LogP contribution in [-0.4, -0.2) is 24.9 Å². The molecule has 0 radical (unpaired) electrons. The van der Waals surface area contributed by atoms with Crippen molar-refractivity contribution in [3.05, 3.63) is 24.8 Å². The Hall–Kier alpha value is -0.600. The first-order chi connectivity index (χ1) is 6.91. The number of rotatable bonds is 10. The molecule has 0 atom stereocenters. The molecule has 0 amide bonds. The molecule has 0 bridgehead atoms. The van der Waals surface area contributed by atoms with Crippen molar-refractivity contribution in [2.45, 2.75) is 32.1 Å². The number of ether oxygens (including phenoxy) is 1. The van der Waals surface area contributed by atoms with Crippen LogP contribution in [0.5, 0.6) is 0 Å². The Bertz CT molecular complexity index is 141. The van der Waals surface area contributed by atoms with E-state index >= 15 is 0 Å². The molecule has 0 spiro atoms. The Morgan fingerprint density at radius 1 is 1.07 bits per heavy atom. The van der Waals surface area contributed by atoms with Gasteiger partial charge in [-0.25, -0.2) is 0 Å². The first-order valence-corrected chi connectivity index (χ1v) is 5.36. The van der Waals surface area contributed by atoms with Crippen molar-refractivity contribution >= 4 is 0 Å². The summed E-state index contributed by atoms with van der Waals surface area (Å²) in [5.74, 6) is 0. The highest BCUT2D eigenvalue weighted by atomic mass is 16.5. The molecule has 0 saturated heterocycles. The molecule has 2 heteroatoms. The third kappa shape index (κ3) is 11.4. The normalized spacial score (nSPS) is 10.9. The highest BCUT2D eigenvalue weighted by Crippen LogP contribution is 1.96. The van der Waals surface area contributed by atoms with Crippen molar-refractivity contribution in [2.75, 3.05) is 19.8 Å². The van der Waals surface area contributed by atoms with E-state index in [0.29, 0.717) is 6.61 Å². The molecule has 0 aliphatic rings. The van der Waals surface area contributed by atoms with Crippen LogP contribution in [0.2, 0.25) is 0 Å². The fraction of sp³-hybridized carbons (Fsp3) is 0.667. The Kier molecular flexibility index (Phi) is 11.9. The summed E-state index contributed by atoms with van der Waals surface area (Å²) in [6, 6.07) is 0. The second-order valence-corrected chi connectivity index (χ2v) is 3.20. The monoisotopic (exact) mass is 198 g/mol. The van der Waals surface area contributed by atoms with E-state index in [9.17, 15) is 0 Å². The van der Waals surface area contributed by atoms with Crippen molar-refractivity contribution in [2.24, 2.45) is 0 Å². The van der Waals surface area contributed by atoms with Gasteiger partial charge in [0.1, 0.15) is 0 Å². The van der Waals surface area contributed by atoms with Crippen molar-refractivity contribution in [3.8, 4) is 0 Å². The molecule has 82 valence electrons. The average Bonchev–Trinajstić information content (AvgIpc) is 2.21. The largest absolute Gasteiger partial charge is 0.396 e. The molecule has 0 aromatic rings. The van der Waals surface area contributed by atoms with Crippen LogP contribution >= 0.6 is 0 Å². The van der Waals surface area contributed by atoms with Crippen LogP contribution in [0.25, 0.3) is 0 Å². The molecule has 2 nitrogen and oxygen atoms in total. The second kappa shape index (κ2) is 12.4. The molecule has 0 aromatic heterocycles. The van der Waals surface area contributed by atoms with Gasteiger partial charge in [0.05, 0.1) is 6.61 Å². The molecular weight excluding hydrogens is 176 g/mol. The first-order valence-electron chi connectivity index (χ1n) is 5.36. The maximum absolute atomic E-state index is 8.51. The van der Waals surface area contributed by atoms with Crippen molar-refractivity contribution in [1.29, 1.82) is 0 Å². The molecule has 0 aliphatic carbocycles. The summed E-state index contributed by atoms with van der Waals surface area (Å²) in [5.41, 5.74) is 0. The van der Waals surface area contributed by atoms with E-state index in [2.05, 4.69) is 18.7 Å².